The van der Waals surface area contributed by atoms with Crippen molar-refractivity contribution >= 4 is 5.91 Å². The van der Waals surface area contributed by atoms with Crippen LogP contribution in [0.4, 0.5) is 13.2 Å². The van der Waals surface area contributed by atoms with Crippen molar-refractivity contribution in [2.45, 2.75) is 31.5 Å². The van der Waals surface area contributed by atoms with Crippen LogP contribution in [0.25, 0.3) is 11.1 Å². The van der Waals surface area contributed by atoms with Gasteiger partial charge in [0.15, 0.2) is 0 Å². The molecule has 0 atom stereocenters. The average Bonchev–Trinajstić information content (AvgIpc) is 2.86. The molecule has 4 rings (SSSR count). The minimum absolute atomic E-state index is 0.0802. The minimum atomic E-state index is -4.43. The molecule has 0 aromatic heterocycles. The molecule has 0 bridgehead atoms. The number of nitrogens with zero attached hydrogens (tertiary/aromatic N) is 1. The fourth-order valence-electron chi connectivity index (χ4n) is 4.28. The summed E-state index contributed by atoms with van der Waals surface area (Å²) in [5, 5.41) is 2.89. The van der Waals surface area contributed by atoms with Crippen LogP contribution >= 0.6 is 0 Å². The number of likely N-dealkylation sites (tertiary alicyclic amines) is 1. The van der Waals surface area contributed by atoms with Gasteiger partial charge in [-0.05, 0) is 79.4 Å². The van der Waals surface area contributed by atoms with E-state index in [1.54, 1.807) is 30.3 Å². The highest BCUT2D eigenvalue weighted by Gasteiger charge is 2.30. The van der Waals surface area contributed by atoms with Gasteiger partial charge in [0.05, 0.1) is 5.56 Å². The van der Waals surface area contributed by atoms with Crippen molar-refractivity contribution in [3.63, 3.8) is 0 Å². The SMILES string of the molecule is CN1CCC(Oc2ccc(CCNC(=O)c3ccccc3)c(-c3cccc(C(F)(F)F)c3)c2)CC1. The first-order chi connectivity index (χ1) is 16.8. The number of hydrogen-bond donors (Lipinski definition) is 1. The van der Waals surface area contributed by atoms with Gasteiger partial charge in [-0.2, -0.15) is 13.2 Å². The van der Waals surface area contributed by atoms with E-state index in [-0.39, 0.29) is 12.0 Å². The van der Waals surface area contributed by atoms with Crippen LogP contribution in [0, 0.1) is 0 Å². The van der Waals surface area contributed by atoms with Crippen molar-refractivity contribution in [1.29, 1.82) is 0 Å². The molecule has 0 saturated carbocycles. The van der Waals surface area contributed by atoms with Crippen molar-refractivity contribution in [2.24, 2.45) is 0 Å². The van der Waals surface area contributed by atoms with Crippen LogP contribution in [0.5, 0.6) is 5.75 Å². The number of amides is 1. The Balaban J connectivity index is 1.55. The number of benzene rings is 3. The van der Waals surface area contributed by atoms with Crippen LogP contribution in [-0.2, 0) is 12.6 Å². The maximum absolute atomic E-state index is 13.4. The third kappa shape index (κ3) is 6.63. The number of carbonyl (C=O) groups is 1. The summed E-state index contributed by atoms with van der Waals surface area (Å²) in [6, 6.07) is 19.8. The number of ether oxygens (including phenoxy) is 1. The highest BCUT2D eigenvalue weighted by molar-refractivity contribution is 5.94. The van der Waals surface area contributed by atoms with Crippen LogP contribution in [-0.4, -0.2) is 43.6 Å². The number of hydrogen-bond acceptors (Lipinski definition) is 3. The van der Waals surface area contributed by atoms with Gasteiger partial charge in [-0.15, -0.1) is 0 Å². The molecule has 3 aromatic rings. The van der Waals surface area contributed by atoms with Crippen LogP contribution in [0.15, 0.2) is 72.8 Å². The molecular formula is C28H29F3N2O2. The zero-order chi connectivity index (χ0) is 24.8. The standard InChI is InChI=1S/C28H29F3N2O2/c1-33-16-13-24(14-17-33)35-25-11-10-20(12-15-32-27(34)21-6-3-2-4-7-21)26(19-25)22-8-5-9-23(18-22)28(29,30)31/h2-11,18-19,24H,12-17H2,1H3,(H,32,34). The monoisotopic (exact) mass is 482 g/mol. The van der Waals surface area contributed by atoms with Crippen molar-refractivity contribution in [3.05, 3.63) is 89.5 Å². The van der Waals surface area contributed by atoms with E-state index in [1.807, 2.05) is 24.3 Å². The van der Waals surface area contributed by atoms with E-state index in [0.717, 1.165) is 37.6 Å². The summed E-state index contributed by atoms with van der Waals surface area (Å²) >= 11 is 0. The van der Waals surface area contributed by atoms with E-state index in [2.05, 4.69) is 17.3 Å². The van der Waals surface area contributed by atoms with E-state index in [9.17, 15) is 18.0 Å². The lowest BCUT2D eigenvalue weighted by molar-refractivity contribution is -0.137. The zero-order valence-corrected chi connectivity index (χ0v) is 19.6. The lowest BCUT2D eigenvalue weighted by Crippen LogP contribution is -2.35. The smallest absolute Gasteiger partial charge is 0.416 e. The van der Waals surface area contributed by atoms with Gasteiger partial charge in [0.1, 0.15) is 11.9 Å². The number of halogens is 3. The van der Waals surface area contributed by atoms with E-state index in [0.29, 0.717) is 35.4 Å². The summed E-state index contributed by atoms with van der Waals surface area (Å²) in [4.78, 5) is 14.6. The Morgan fingerprint density at radius 1 is 1.00 bits per heavy atom. The molecular weight excluding hydrogens is 453 g/mol. The van der Waals surface area contributed by atoms with Crippen LogP contribution in [0.3, 0.4) is 0 Å². The Hall–Kier alpha value is -3.32. The van der Waals surface area contributed by atoms with Crippen molar-refractivity contribution in [2.75, 3.05) is 26.7 Å². The summed E-state index contributed by atoms with van der Waals surface area (Å²) in [5.74, 6) is 0.456. The molecule has 35 heavy (non-hydrogen) atoms. The predicted molar refractivity (Wildman–Crippen MR) is 131 cm³/mol. The third-order valence-corrected chi connectivity index (χ3v) is 6.27. The molecule has 4 nitrogen and oxygen atoms in total. The van der Waals surface area contributed by atoms with Gasteiger partial charge < -0.3 is 15.0 Å². The maximum atomic E-state index is 13.4. The Morgan fingerprint density at radius 3 is 2.46 bits per heavy atom. The molecule has 184 valence electrons. The fraction of sp³-hybridized carbons (Fsp3) is 0.321. The van der Waals surface area contributed by atoms with Gasteiger partial charge in [-0.3, -0.25) is 4.79 Å². The Bertz CT molecular complexity index is 1140. The van der Waals surface area contributed by atoms with Gasteiger partial charge in [0.2, 0.25) is 0 Å². The molecule has 0 unspecified atom stereocenters. The van der Waals surface area contributed by atoms with Gasteiger partial charge in [0, 0.05) is 25.2 Å². The van der Waals surface area contributed by atoms with E-state index in [4.69, 9.17) is 4.74 Å². The molecule has 0 spiro atoms. The molecule has 0 aliphatic carbocycles. The minimum Gasteiger partial charge on any atom is -0.490 e. The molecule has 1 amide bonds. The van der Waals surface area contributed by atoms with Gasteiger partial charge >= 0.3 is 6.18 Å². The van der Waals surface area contributed by atoms with Crippen molar-refractivity contribution in [3.8, 4) is 16.9 Å². The second-order valence-electron chi connectivity index (χ2n) is 8.89. The molecule has 0 radical (unpaired) electrons. The quantitative estimate of drug-likeness (QED) is 0.462. The summed E-state index contributed by atoms with van der Waals surface area (Å²) in [7, 11) is 2.08. The molecule has 7 heteroatoms. The van der Waals surface area contributed by atoms with Crippen molar-refractivity contribution in [1.82, 2.24) is 10.2 Å². The average molecular weight is 483 g/mol. The van der Waals surface area contributed by atoms with Gasteiger partial charge in [-0.1, -0.05) is 36.4 Å². The molecule has 3 aromatic carbocycles. The first kappa shape index (κ1) is 24.8. The lowest BCUT2D eigenvalue weighted by atomic mass is 9.95. The number of rotatable bonds is 7. The summed E-state index contributed by atoms with van der Waals surface area (Å²) < 4.78 is 46.3. The molecule has 1 aliphatic rings. The Morgan fingerprint density at radius 2 is 1.74 bits per heavy atom. The van der Waals surface area contributed by atoms with Gasteiger partial charge in [-0.25, -0.2) is 0 Å². The zero-order valence-electron chi connectivity index (χ0n) is 19.6. The molecule has 1 saturated heterocycles. The summed E-state index contributed by atoms with van der Waals surface area (Å²) in [5.41, 5.74) is 1.86. The maximum Gasteiger partial charge on any atom is 0.416 e. The number of piperidine rings is 1. The first-order valence-electron chi connectivity index (χ1n) is 11.8. The van der Waals surface area contributed by atoms with E-state index < -0.39 is 11.7 Å². The lowest BCUT2D eigenvalue weighted by Gasteiger charge is -2.29. The van der Waals surface area contributed by atoms with E-state index >= 15 is 0 Å². The number of nitrogens with one attached hydrogen (secondary N) is 1. The largest absolute Gasteiger partial charge is 0.490 e. The Labute approximate surface area is 203 Å². The topological polar surface area (TPSA) is 41.6 Å². The predicted octanol–water partition coefficient (Wildman–Crippen LogP) is 5.82. The second kappa shape index (κ2) is 11.0. The highest BCUT2D eigenvalue weighted by atomic mass is 19.4. The first-order valence-corrected chi connectivity index (χ1v) is 11.8. The number of carbonyl (C=O) groups excluding carboxylic acids is 1. The van der Waals surface area contributed by atoms with Crippen LogP contribution < -0.4 is 10.1 Å². The van der Waals surface area contributed by atoms with E-state index in [1.165, 1.54) is 12.1 Å². The number of alkyl halides is 3. The summed E-state index contributed by atoms with van der Waals surface area (Å²) in [6.45, 7) is 2.25. The van der Waals surface area contributed by atoms with Crippen molar-refractivity contribution < 1.29 is 22.7 Å². The fourth-order valence-corrected chi connectivity index (χ4v) is 4.28. The molecule has 1 fully saturated rings. The third-order valence-electron chi connectivity index (χ3n) is 6.27. The normalized spacial score (nSPS) is 15.1. The molecule has 1 aliphatic heterocycles. The van der Waals surface area contributed by atoms with Crippen LogP contribution in [0.1, 0.15) is 34.3 Å². The highest BCUT2D eigenvalue weighted by Crippen LogP contribution is 2.35. The summed E-state index contributed by atoms with van der Waals surface area (Å²) in [6.07, 6.45) is -2.07. The van der Waals surface area contributed by atoms with Gasteiger partial charge in [0.25, 0.3) is 5.91 Å². The molecule has 1 heterocycles. The molecule has 1 N–H and O–H groups in total. The second-order valence-corrected chi connectivity index (χ2v) is 8.89. The van der Waals surface area contributed by atoms with Crippen LogP contribution in [0.2, 0.25) is 0 Å². The Kier molecular flexibility index (Phi) is 7.76.